The number of nitrogen functional groups attached to an aromatic ring is 1. The maximum Gasteiger partial charge on any atom is 0.128 e. The smallest absolute Gasteiger partial charge is 0.128 e. The number of ether oxygens (including phenoxy) is 1. The van der Waals surface area contributed by atoms with Gasteiger partial charge in [-0.2, -0.15) is 0 Å². The van der Waals surface area contributed by atoms with Gasteiger partial charge in [0.05, 0.1) is 12.6 Å². The number of fused-ring (bicyclic) bond motifs is 1. The normalized spacial score (nSPS) is 18.2. The molecule has 1 saturated heterocycles. The Morgan fingerprint density at radius 1 is 1.33 bits per heavy atom. The third-order valence-electron chi connectivity index (χ3n) is 4.57. The first kappa shape index (κ1) is 14.1. The fourth-order valence-electron chi connectivity index (χ4n) is 3.12. The third kappa shape index (κ3) is 2.68. The Labute approximate surface area is 125 Å². The number of pyridine rings is 1. The molecule has 21 heavy (non-hydrogen) atoms. The van der Waals surface area contributed by atoms with E-state index in [9.17, 15) is 0 Å². The monoisotopic (exact) mass is 285 g/mol. The van der Waals surface area contributed by atoms with Gasteiger partial charge in [0.1, 0.15) is 11.6 Å². The summed E-state index contributed by atoms with van der Waals surface area (Å²) in [7, 11) is 1.66. The average Bonchev–Trinajstić information content (AvgIpc) is 2.78. The number of hydrogen-bond donors (Lipinski definition) is 1. The van der Waals surface area contributed by atoms with E-state index in [2.05, 4.69) is 29.8 Å². The summed E-state index contributed by atoms with van der Waals surface area (Å²) in [5.41, 5.74) is 8.42. The molecular weight excluding hydrogens is 262 g/mol. The van der Waals surface area contributed by atoms with E-state index >= 15 is 0 Å². The molecule has 0 aliphatic carbocycles. The molecular formula is C17H23N3O. The highest BCUT2D eigenvalue weighted by molar-refractivity contribution is 5.82. The second-order valence-electron chi connectivity index (χ2n) is 6.43. The van der Waals surface area contributed by atoms with Crippen LogP contribution in [0.15, 0.2) is 24.3 Å². The van der Waals surface area contributed by atoms with Crippen LogP contribution in [-0.4, -0.2) is 29.1 Å². The number of anilines is 1. The van der Waals surface area contributed by atoms with Crippen LogP contribution in [0.2, 0.25) is 0 Å². The quantitative estimate of drug-likeness (QED) is 0.941. The number of nitrogens with two attached hydrogens (primary N) is 1. The van der Waals surface area contributed by atoms with E-state index in [0.717, 1.165) is 35.3 Å². The van der Waals surface area contributed by atoms with Crippen LogP contribution in [0.25, 0.3) is 10.9 Å². The molecule has 0 amide bonds. The average molecular weight is 285 g/mol. The van der Waals surface area contributed by atoms with Gasteiger partial charge in [0.2, 0.25) is 0 Å². The molecule has 0 atom stereocenters. The first-order valence-electron chi connectivity index (χ1n) is 7.48. The number of nitrogens with zero attached hydrogens (tertiary/aromatic N) is 2. The minimum atomic E-state index is 0.251. The number of hydrogen-bond acceptors (Lipinski definition) is 4. The van der Waals surface area contributed by atoms with Crippen LogP contribution in [-0.2, 0) is 6.54 Å². The SMILES string of the molecule is COc1ccc2cc(CN3CCCC3(C)C)c(N)nc2c1. The van der Waals surface area contributed by atoms with Gasteiger partial charge in [0, 0.05) is 29.1 Å². The predicted molar refractivity (Wildman–Crippen MR) is 86.4 cm³/mol. The Hall–Kier alpha value is -1.81. The van der Waals surface area contributed by atoms with Gasteiger partial charge in [0.25, 0.3) is 0 Å². The summed E-state index contributed by atoms with van der Waals surface area (Å²) in [6, 6.07) is 8.09. The first-order valence-corrected chi connectivity index (χ1v) is 7.48. The second kappa shape index (κ2) is 5.19. The summed E-state index contributed by atoms with van der Waals surface area (Å²) < 4.78 is 5.24. The van der Waals surface area contributed by atoms with Crippen molar-refractivity contribution < 1.29 is 4.74 Å². The number of benzene rings is 1. The first-order chi connectivity index (χ1) is 9.99. The van der Waals surface area contributed by atoms with Gasteiger partial charge < -0.3 is 10.5 Å². The lowest BCUT2D eigenvalue weighted by Crippen LogP contribution is -2.37. The topological polar surface area (TPSA) is 51.4 Å². The molecule has 0 unspecified atom stereocenters. The van der Waals surface area contributed by atoms with Crippen LogP contribution in [0.1, 0.15) is 32.3 Å². The van der Waals surface area contributed by atoms with Crippen molar-refractivity contribution in [2.24, 2.45) is 0 Å². The van der Waals surface area contributed by atoms with Crippen LogP contribution < -0.4 is 10.5 Å². The van der Waals surface area contributed by atoms with E-state index in [1.54, 1.807) is 7.11 Å². The Bertz CT molecular complexity index is 666. The van der Waals surface area contributed by atoms with Gasteiger partial charge in [-0.1, -0.05) is 0 Å². The zero-order chi connectivity index (χ0) is 15.0. The number of aromatic nitrogens is 1. The molecule has 1 aliphatic rings. The highest BCUT2D eigenvalue weighted by atomic mass is 16.5. The fraction of sp³-hybridized carbons (Fsp3) is 0.471. The van der Waals surface area contributed by atoms with Gasteiger partial charge >= 0.3 is 0 Å². The van der Waals surface area contributed by atoms with Crippen LogP contribution in [0.5, 0.6) is 5.75 Å². The maximum atomic E-state index is 6.17. The summed E-state index contributed by atoms with van der Waals surface area (Å²) in [6.07, 6.45) is 2.50. The molecule has 0 radical (unpaired) electrons. The van der Waals surface area contributed by atoms with E-state index in [-0.39, 0.29) is 5.54 Å². The van der Waals surface area contributed by atoms with Crippen molar-refractivity contribution in [3.63, 3.8) is 0 Å². The number of likely N-dealkylation sites (tertiary alicyclic amines) is 1. The second-order valence-corrected chi connectivity index (χ2v) is 6.43. The molecule has 0 spiro atoms. The molecule has 1 fully saturated rings. The zero-order valence-corrected chi connectivity index (χ0v) is 13.0. The fourth-order valence-corrected chi connectivity index (χ4v) is 3.12. The summed E-state index contributed by atoms with van der Waals surface area (Å²) in [5.74, 6) is 1.43. The standard InChI is InChI=1S/C17H23N3O/c1-17(2)7-4-8-20(17)11-13-9-12-5-6-14(21-3)10-15(12)19-16(13)18/h5-6,9-10H,4,7-8,11H2,1-3H3,(H2,18,19). The Morgan fingerprint density at radius 2 is 2.14 bits per heavy atom. The highest BCUT2D eigenvalue weighted by Crippen LogP contribution is 2.31. The summed E-state index contributed by atoms with van der Waals surface area (Å²) in [5, 5.41) is 1.11. The summed E-state index contributed by atoms with van der Waals surface area (Å²) in [4.78, 5) is 7.04. The van der Waals surface area contributed by atoms with Crippen molar-refractivity contribution in [1.82, 2.24) is 9.88 Å². The molecule has 4 nitrogen and oxygen atoms in total. The minimum absolute atomic E-state index is 0.251. The van der Waals surface area contributed by atoms with E-state index in [1.807, 2.05) is 18.2 Å². The van der Waals surface area contributed by atoms with Gasteiger partial charge in [-0.3, -0.25) is 4.90 Å². The van der Waals surface area contributed by atoms with Crippen molar-refractivity contribution in [1.29, 1.82) is 0 Å². The third-order valence-corrected chi connectivity index (χ3v) is 4.57. The van der Waals surface area contributed by atoms with E-state index < -0.39 is 0 Å². The number of rotatable bonds is 3. The molecule has 1 aliphatic heterocycles. The highest BCUT2D eigenvalue weighted by Gasteiger charge is 2.32. The molecule has 2 N–H and O–H groups in total. The van der Waals surface area contributed by atoms with Gasteiger partial charge in [-0.15, -0.1) is 0 Å². The van der Waals surface area contributed by atoms with Crippen molar-refractivity contribution in [3.05, 3.63) is 29.8 Å². The van der Waals surface area contributed by atoms with Gasteiger partial charge in [-0.25, -0.2) is 4.98 Å². The number of methoxy groups -OCH3 is 1. The van der Waals surface area contributed by atoms with Gasteiger partial charge in [-0.05, 0) is 51.4 Å². The minimum Gasteiger partial charge on any atom is -0.497 e. The molecule has 1 aromatic carbocycles. The zero-order valence-electron chi connectivity index (χ0n) is 13.0. The lowest BCUT2D eigenvalue weighted by Gasteiger charge is -2.31. The van der Waals surface area contributed by atoms with Crippen molar-refractivity contribution in [2.75, 3.05) is 19.4 Å². The van der Waals surface area contributed by atoms with Crippen molar-refractivity contribution in [3.8, 4) is 5.75 Å². The largest absolute Gasteiger partial charge is 0.497 e. The van der Waals surface area contributed by atoms with Crippen LogP contribution in [0, 0.1) is 0 Å². The van der Waals surface area contributed by atoms with E-state index in [1.165, 1.54) is 12.8 Å². The van der Waals surface area contributed by atoms with Crippen molar-refractivity contribution >= 4 is 16.7 Å². The molecule has 4 heteroatoms. The Kier molecular flexibility index (Phi) is 3.49. The molecule has 3 rings (SSSR count). The lowest BCUT2D eigenvalue weighted by atomic mass is 10.0. The molecule has 0 saturated carbocycles. The van der Waals surface area contributed by atoms with Crippen LogP contribution in [0.3, 0.4) is 0 Å². The Balaban J connectivity index is 1.94. The predicted octanol–water partition coefficient (Wildman–Crippen LogP) is 3.20. The summed E-state index contributed by atoms with van der Waals surface area (Å²) in [6.45, 7) is 6.60. The van der Waals surface area contributed by atoms with Crippen LogP contribution >= 0.6 is 0 Å². The molecule has 2 aromatic rings. The van der Waals surface area contributed by atoms with E-state index in [4.69, 9.17) is 10.5 Å². The summed E-state index contributed by atoms with van der Waals surface area (Å²) >= 11 is 0. The van der Waals surface area contributed by atoms with Crippen LogP contribution in [0.4, 0.5) is 5.82 Å². The molecule has 2 heterocycles. The van der Waals surface area contributed by atoms with Crippen molar-refractivity contribution in [2.45, 2.75) is 38.8 Å². The molecule has 0 bridgehead atoms. The van der Waals surface area contributed by atoms with E-state index in [0.29, 0.717) is 5.82 Å². The maximum absolute atomic E-state index is 6.17. The molecule has 112 valence electrons. The Morgan fingerprint density at radius 3 is 2.81 bits per heavy atom. The van der Waals surface area contributed by atoms with Gasteiger partial charge in [0.15, 0.2) is 0 Å². The molecule has 1 aromatic heterocycles. The lowest BCUT2D eigenvalue weighted by molar-refractivity contribution is 0.167.